The predicted octanol–water partition coefficient (Wildman–Crippen LogP) is 4.13. The smallest absolute Gasteiger partial charge is 0.248 e. The number of carbonyl (C=O) groups excluding carboxylic acids is 1. The van der Waals surface area contributed by atoms with Gasteiger partial charge in [0, 0.05) is 18.0 Å². The molecular formula is C20H22N4O. The lowest BCUT2D eigenvalue weighted by Crippen LogP contribution is -2.10. The van der Waals surface area contributed by atoms with Crippen LogP contribution in [0.3, 0.4) is 0 Å². The van der Waals surface area contributed by atoms with E-state index in [0.29, 0.717) is 11.5 Å². The Morgan fingerprint density at radius 2 is 1.92 bits per heavy atom. The lowest BCUT2D eigenvalue weighted by Gasteiger charge is -2.19. The summed E-state index contributed by atoms with van der Waals surface area (Å²) in [6, 6.07) is 8.37. The largest absolute Gasteiger partial charge is 0.307 e. The average Bonchev–Trinajstić information content (AvgIpc) is 2.90. The Morgan fingerprint density at radius 3 is 2.52 bits per heavy atom. The molecule has 0 unspecified atom stereocenters. The molecule has 1 aromatic carbocycles. The first-order chi connectivity index (χ1) is 11.8. The van der Waals surface area contributed by atoms with Crippen molar-refractivity contribution in [3.05, 3.63) is 60.6 Å². The standard InChI is InChI=1S/C20H22N4O/c1-6-16(25)23-18-13(2)22-19-17(21-11-12-24(18)19)14-7-9-15(10-8-14)20(3,4)5/h6-12H,1H2,2-5H3,(H,23,25). The fraction of sp³-hybridized carbons (Fsp3) is 0.250. The van der Waals surface area contributed by atoms with Crippen LogP contribution in [0.25, 0.3) is 16.9 Å². The van der Waals surface area contributed by atoms with Crippen molar-refractivity contribution in [2.45, 2.75) is 33.1 Å². The van der Waals surface area contributed by atoms with Gasteiger partial charge in [0.1, 0.15) is 11.5 Å². The summed E-state index contributed by atoms with van der Waals surface area (Å²) in [5.74, 6) is 0.368. The minimum atomic E-state index is -0.266. The number of amides is 1. The van der Waals surface area contributed by atoms with E-state index in [-0.39, 0.29) is 11.3 Å². The Balaban J connectivity index is 2.10. The predicted molar refractivity (Wildman–Crippen MR) is 101 cm³/mol. The Kier molecular flexibility index (Phi) is 4.17. The van der Waals surface area contributed by atoms with Crippen molar-refractivity contribution in [3.8, 4) is 11.3 Å². The molecule has 0 bridgehead atoms. The maximum Gasteiger partial charge on any atom is 0.248 e. The minimum Gasteiger partial charge on any atom is -0.307 e. The molecule has 0 saturated heterocycles. The number of rotatable bonds is 3. The van der Waals surface area contributed by atoms with Crippen molar-refractivity contribution < 1.29 is 4.79 Å². The highest BCUT2D eigenvalue weighted by Crippen LogP contribution is 2.28. The minimum absolute atomic E-state index is 0.101. The van der Waals surface area contributed by atoms with E-state index < -0.39 is 0 Å². The van der Waals surface area contributed by atoms with E-state index >= 15 is 0 Å². The monoisotopic (exact) mass is 334 g/mol. The maximum atomic E-state index is 11.7. The zero-order chi connectivity index (χ0) is 18.2. The molecule has 2 heterocycles. The van der Waals surface area contributed by atoms with Gasteiger partial charge in [-0.1, -0.05) is 51.6 Å². The number of aryl methyl sites for hydroxylation is 1. The number of nitrogens with one attached hydrogen (secondary N) is 1. The van der Waals surface area contributed by atoms with Crippen LogP contribution < -0.4 is 5.32 Å². The van der Waals surface area contributed by atoms with Crippen LogP contribution in [-0.4, -0.2) is 20.3 Å². The Hall–Kier alpha value is -2.95. The fourth-order valence-electron chi connectivity index (χ4n) is 2.74. The summed E-state index contributed by atoms with van der Waals surface area (Å²) in [6.07, 6.45) is 4.75. The number of fused-ring (bicyclic) bond motifs is 1. The van der Waals surface area contributed by atoms with Crippen LogP contribution in [0, 0.1) is 6.92 Å². The molecule has 0 aliphatic carbocycles. The van der Waals surface area contributed by atoms with Crippen molar-refractivity contribution in [2.75, 3.05) is 5.32 Å². The van der Waals surface area contributed by atoms with Crippen molar-refractivity contribution in [2.24, 2.45) is 0 Å². The van der Waals surface area contributed by atoms with Crippen LogP contribution in [0.15, 0.2) is 49.3 Å². The lowest BCUT2D eigenvalue weighted by atomic mass is 9.86. The number of aromatic nitrogens is 3. The van der Waals surface area contributed by atoms with Crippen LogP contribution in [-0.2, 0) is 10.2 Å². The van der Waals surface area contributed by atoms with E-state index in [1.807, 2.05) is 11.3 Å². The van der Waals surface area contributed by atoms with E-state index in [2.05, 4.69) is 66.9 Å². The summed E-state index contributed by atoms with van der Waals surface area (Å²) < 4.78 is 1.84. The molecule has 0 spiro atoms. The fourth-order valence-corrected chi connectivity index (χ4v) is 2.74. The second-order valence-corrected chi connectivity index (χ2v) is 7.04. The molecular weight excluding hydrogens is 312 g/mol. The molecule has 0 atom stereocenters. The SMILES string of the molecule is C=CC(=O)Nc1c(C)nc2c(-c3ccc(C(C)(C)C)cc3)nccn12. The summed E-state index contributed by atoms with van der Waals surface area (Å²) >= 11 is 0. The van der Waals surface area contributed by atoms with Gasteiger partial charge < -0.3 is 5.32 Å². The molecule has 5 heteroatoms. The molecule has 0 aliphatic heterocycles. The molecule has 0 aliphatic rings. The summed E-state index contributed by atoms with van der Waals surface area (Å²) in [4.78, 5) is 20.8. The highest BCUT2D eigenvalue weighted by atomic mass is 16.1. The molecule has 128 valence electrons. The number of anilines is 1. The zero-order valence-electron chi connectivity index (χ0n) is 15.0. The first kappa shape index (κ1) is 16.9. The molecule has 1 amide bonds. The normalized spacial score (nSPS) is 11.5. The van der Waals surface area contributed by atoms with Crippen LogP contribution >= 0.6 is 0 Å². The summed E-state index contributed by atoms with van der Waals surface area (Å²) in [6.45, 7) is 11.9. The van der Waals surface area contributed by atoms with Gasteiger partial charge in [0.05, 0.1) is 5.69 Å². The van der Waals surface area contributed by atoms with Gasteiger partial charge in [-0.2, -0.15) is 0 Å². The molecule has 3 aromatic rings. The van der Waals surface area contributed by atoms with Crippen molar-refractivity contribution in [3.63, 3.8) is 0 Å². The maximum absolute atomic E-state index is 11.7. The van der Waals surface area contributed by atoms with Gasteiger partial charge in [-0.05, 0) is 24.0 Å². The van der Waals surface area contributed by atoms with E-state index in [1.165, 1.54) is 11.6 Å². The summed E-state index contributed by atoms with van der Waals surface area (Å²) in [5, 5.41) is 2.81. The van der Waals surface area contributed by atoms with E-state index in [0.717, 1.165) is 17.0 Å². The van der Waals surface area contributed by atoms with Gasteiger partial charge in [0.25, 0.3) is 0 Å². The Bertz CT molecular complexity index is 946. The molecule has 1 N–H and O–H groups in total. The van der Waals surface area contributed by atoms with Crippen LogP contribution in [0.5, 0.6) is 0 Å². The third kappa shape index (κ3) is 3.18. The Labute approximate surface area is 147 Å². The highest BCUT2D eigenvalue weighted by molar-refractivity contribution is 5.99. The molecule has 5 nitrogen and oxygen atoms in total. The summed E-state index contributed by atoms with van der Waals surface area (Å²) in [5.41, 5.74) is 4.58. The number of benzene rings is 1. The molecule has 2 aromatic heterocycles. The number of carbonyl (C=O) groups is 1. The average molecular weight is 334 g/mol. The topological polar surface area (TPSA) is 59.3 Å². The van der Waals surface area contributed by atoms with Gasteiger partial charge in [-0.25, -0.2) is 4.98 Å². The van der Waals surface area contributed by atoms with Gasteiger partial charge in [-0.15, -0.1) is 0 Å². The molecule has 25 heavy (non-hydrogen) atoms. The first-order valence-electron chi connectivity index (χ1n) is 8.19. The number of nitrogens with zero attached hydrogens (tertiary/aromatic N) is 3. The summed E-state index contributed by atoms with van der Waals surface area (Å²) in [7, 11) is 0. The molecule has 0 fully saturated rings. The van der Waals surface area contributed by atoms with Gasteiger partial charge in [0.2, 0.25) is 5.91 Å². The van der Waals surface area contributed by atoms with E-state index in [1.54, 1.807) is 12.4 Å². The second-order valence-electron chi connectivity index (χ2n) is 7.04. The second kappa shape index (κ2) is 6.16. The highest BCUT2D eigenvalue weighted by Gasteiger charge is 2.17. The van der Waals surface area contributed by atoms with Crippen molar-refractivity contribution in [1.82, 2.24) is 14.4 Å². The van der Waals surface area contributed by atoms with Crippen molar-refractivity contribution in [1.29, 1.82) is 0 Å². The van der Waals surface area contributed by atoms with Crippen LogP contribution in [0.1, 0.15) is 32.0 Å². The van der Waals surface area contributed by atoms with E-state index in [4.69, 9.17) is 0 Å². The van der Waals surface area contributed by atoms with Gasteiger partial charge >= 0.3 is 0 Å². The quantitative estimate of drug-likeness (QED) is 0.733. The zero-order valence-corrected chi connectivity index (χ0v) is 15.0. The van der Waals surface area contributed by atoms with Gasteiger partial charge in [-0.3, -0.25) is 14.2 Å². The van der Waals surface area contributed by atoms with Gasteiger partial charge in [0.15, 0.2) is 5.65 Å². The van der Waals surface area contributed by atoms with E-state index in [9.17, 15) is 4.79 Å². The Morgan fingerprint density at radius 1 is 1.24 bits per heavy atom. The molecule has 0 saturated carbocycles. The van der Waals surface area contributed by atoms with Crippen LogP contribution in [0.2, 0.25) is 0 Å². The van der Waals surface area contributed by atoms with Crippen LogP contribution in [0.4, 0.5) is 5.82 Å². The van der Waals surface area contributed by atoms with Crippen molar-refractivity contribution >= 4 is 17.4 Å². The first-order valence-corrected chi connectivity index (χ1v) is 8.19. The number of imidazole rings is 1. The lowest BCUT2D eigenvalue weighted by molar-refractivity contribution is -0.111. The number of hydrogen-bond donors (Lipinski definition) is 1. The molecule has 0 radical (unpaired) electrons. The third-order valence-electron chi connectivity index (χ3n) is 4.17. The third-order valence-corrected chi connectivity index (χ3v) is 4.17. The molecule has 3 rings (SSSR count). The number of hydrogen-bond acceptors (Lipinski definition) is 3.